The van der Waals surface area contributed by atoms with Crippen LogP contribution in [0.25, 0.3) is 11.0 Å². The molecule has 2 heterocycles. The van der Waals surface area contributed by atoms with Gasteiger partial charge in [0.2, 0.25) is 11.9 Å². The molecule has 0 spiro atoms. The van der Waals surface area contributed by atoms with Crippen LogP contribution in [0.3, 0.4) is 0 Å². The molecule has 0 bridgehead atoms. The van der Waals surface area contributed by atoms with E-state index in [0.717, 1.165) is 11.1 Å². The minimum atomic E-state index is -1.12. The van der Waals surface area contributed by atoms with Crippen LogP contribution in [0.5, 0.6) is 5.75 Å². The quantitative estimate of drug-likeness (QED) is 0.373. The fraction of sp³-hybridized carbons (Fsp3) is 0.192. The van der Waals surface area contributed by atoms with Crippen molar-refractivity contribution in [3.63, 3.8) is 0 Å². The molecular weight excluding hydrogens is 418 g/mol. The lowest BCUT2D eigenvalue weighted by Crippen LogP contribution is -2.49. The van der Waals surface area contributed by atoms with Crippen molar-refractivity contribution in [3.05, 3.63) is 90.0 Å². The summed E-state index contributed by atoms with van der Waals surface area (Å²) < 4.78 is 7.27. The minimum Gasteiger partial charge on any atom is -0.508 e. The summed E-state index contributed by atoms with van der Waals surface area (Å²) >= 11 is 0. The normalized spacial score (nSPS) is 17.7. The number of ether oxygens (including phenoxy) is 1. The highest BCUT2D eigenvalue weighted by Crippen LogP contribution is 2.42. The Kier molecular flexibility index (Phi) is 5.30. The van der Waals surface area contributed by atoms with Crippen LogP contribution in [0.2, 0.25) is 0 Å². The number of phenolic OH excluding ortho intramolecular Hbond substituents is 1. The minimum absolute atomic E-state index is 0.0558. The summed E-state index contributed by atoms with van der Waals surface area (Å²) in [6.45, 7) is 2.14. The Balaban J connectivity index is 1.76. The first kappa shape index (κ1) is 20.8. The monoisotopic (exact) mass is 441 g/mol. The highest BCUT2D eigenvalue weighted by atomic mass is 16.5. The smallest absolute Gasteiger partial charge is 0.321 e. The Morgan fingerprint density at radius 1 is 1.03 bits per heavy atom. The number of aromatic hydroxyl groups is 1. The number of para-hydroxylation sites is 2. The van der Waals surface area contributed by atoms with Crippen molar-refractivity contribution in [1.29, 1.82) is 0 Å². The standard InChI is InChI=1S/C26H23N3O4/c1-2-33-25(32)22-23(18-11-8-12-19(30)15-18)29-21-14-7-6-13-20(21)27-26(29)28(24(22)31)16-17-9-4-3-5-10-17/h3-15,22-23,30H,2,16H2,1H3/t22-,23+/m0/s1. The molecule has 1 aromatic heterocycles. The van der Waals surface area contributed by atoms with Gasteiger partial charge in [-0.2, -0.15) is 0 Å². The average molecular weight is 441 g/mol. The summed E-state index contributed by atoms with van der Waals surface area (Å²) in [5.74, 6) is -1.59. The first-order valence-corrected chi connectivity index (χ1v) is 10.9. The highest BCUT2D eigenvalue weighted by Gasteiger charge is 2.47. The molecule has 7 heteroatoms. The molecule has 0 fully saturated rings. The molecule has 166 valence electrons. The lowest BCUT2D eigenvalue weighted by atomic mass is 9.89. The second kappa shape index (κ2) is 8.43. The molecule has 2 atom stereocenters. The van der Waals surface area contributed by atoms with Gasteiger partial charge in [-0.3, -0.25) is 14.5 Å². The van der Waals surface area contributed by atoms with Gasteiger partial charge in [-0.25, -0.2) is 4.98 Å². The van der Waals surface area contributed by atoms with Crippen LogP contribution in [0, 0.1) is 5.92 Å². The molecule has 0 radical (unpaired) electrons. The molecule has 0 aliphatic carbocycles. The van der Waals surface area contributed by atoms with Crippen LogP contribution in [-0.4, -0.2) is 33.1 Å². The largest absolute Gasteiger partial charge is 0.508 e. The van der Waals surface area contributed by atoms with Gasteiger partial charge in [0.25, 0.3) is 0 Å². The van der Waals surface area contributed by atoms with Crippen molar-refractivity contribution in [2.75, 3.05) is 11.5 Å². The lowest BCUT2D eigenvalue weighted by molar-refractivity contribution is -0.153. The number of hydrogen-bond acceptors (Lipinski definition) is 5. The molecule has 1 aliphatic rings. The maximum absolute atomic E-state index is 13.9. The average Bonchev–Trinajstić information content (AvgIpc) is 3.20. The number of fused-ring (bicyclic) bond motifs is 3. The number of aromatic nitrogens is 2. The molecule has 1 aliphatic heterocycles. The third-order valence-corrected chi connectivity index (χ3v) is 5.88. The molecule has 0 unspecified atom stereocenters. The Labute approximate surface area is 190 Å². The SMILES string of the molecule is CCOC(=O)[C@@H]1C(=O)N(Cc2ccccc2)c2nc3ccccc3n2[C@@H]1c1cccc(O)c1. The molecular formula is C26H23N3O4. The number of imidazole rings is 1. The zero-order chi connectivity index (χ0) is 22.9. The second-order valence-corrected chi connectivity index (χ2v) is 7.95. The third-order valence-electron chi connectivity index (χ3n) is 5.88. The van der Waals surface area contributed by atoms with Crippen LogP contribution in [0.15, 0.2) is 78.9 Å². The number of anilines is 1. The Hall–Kier alpha value is -4.13. The van der Waals surface area contributed by atoms with E-state index in [4.69, 9.17) is 9.72 Å². The highest BCUT2D eigenvalue weighted by molar-refractivity contribution is 6.08. The molecule has 1 N–H and O–H groups in total. The summed E-state index contributed by atoms with van der Waals surface area (Å²) in [6.07, 6.45) is 0. The van der Waals surface area contributed by atoms with Gasteiger partial charge in [-0.15, -0.1) is 0 Å². The van der Waals surface area contributed by atoms with E-state index in [2.05, 4.69) is 0 Å². The number of carbonyl (C=O) groups is 2. The van der Waals surface area contributed by atoms with Crippen molar-refractivity contribution in [3.8, 4) is 5.75 Å². The predicted octanol–water partition coefficient (Wildman–Crippen LogP) is 4.06. The van der Waals surface area contributed by atoms with E-state index in [1.807, 2.05) is 59.2 Å². The van der Waals surface area contributed by atoms with Gasteiger partial charge in [0, 0.05) is 0 Å². The number of esters is 1. The topological polar surface area (TPSA) is 84.7 Å². The van der Waals surface area contributed by atoms with E-state index in [1.165, 1.54) is 0 Å². The molecule has 1 amide bonds. The van der Waals surface area contributed by atoms with Crippen LogP contribution in [-0.2, 0) is 20.9 Å². The molecule has 0 saturated carbocycles. The number of nitrogens with zero attached hydrogens (tertiary/aromatic N) is 3. The molecule has 4 aromatic rings. The van der Waals surface area contributed by atoms with Gasteiger partial charge in [0.15, 0.2) is 5.92 Å². The summed E-state index contributed by atoms with van der Waals surface area (Å²) in [5, 5.41) is 10.2. The van der Waals surface area contributed by atoms with E-state index in [0.29, 0.717) is 17.0 Å². The van der Waals surface area contributed by atoms with E-state index >= 15 is 0 Å². The molecule has 3 aromatic carbocycles. The molecule has 7 nitrogen and oxygen atoms in total. The van der Waals surface area contributed by atoms with Crippen LogP contribution >= 0.6 is 0 Å². The molecule has 0 saturated heterocycles. The fourth-order valence-corrected chi connectivity index (χ4v) is 4.47. The maximum Gasteiger partial charge on any atom is 0.321 e. The van der Waals surface area contributed by atoms with Crippen molar-refractivity contribution >= 4 is 28.9 Å². The third kappa shape index (κ3) is 3.61. The first-order valence-electron chi connectivity index (χ1n) is 10.9. The van der Waals surface area contributed by atoms with Crippen LogP contribution < -0.4 is 4.90 Å². The summed E-state index contributed by atoms with van der Waals surface area (Å²) in [5.41, 5.74) is 3.06. The molecule has 33 heavy (non-hydrogen) atoms. The zero-order valence-corrected chi connectivity index (χ0v) is 18.1. The van der Waals surface area contributed by atoms with E-state index < -0.39 is 17.9 Å². The number of rotatable bonds is 5. The Morgan fingerprint density at radius 2 is 1.79 bits per heavy atom. The summed E-state index contributed by atoms with van der Waals surface area (Å²) in [4.78, 5) is 33.4. The predicted molar refractivity (Wildman–Crippen MR) is 124 cm³/mol. The van der Waals surface area contributed by atoms with Gasteiger partial charge >= 0.3 is 5.97 Å². The van der Waals surface area contributed by atoms with Crippen molar-refractivity contribution < 1.29 is 19.4 Å². The fourth-order valence-electron chi connectivity index (χ4n) is 4.47. The van der Waals surface area contributed by atoms with Crippen molar-refractivity contribution in [2.45, 2.75) is 19.5 Å². The first-order chi connectivity index (χ1) is 16.1. The van der Waals surface area contributed by atoms with Gasteiger partial charge in [-0.05, 0) is 42.3 Å². The van der Waals surface area contributed by atoms with E-state index in [1.54, 1.807) is 36.1 Å². The van der Waals surface area contributed by atoms with Crippen molar-refractivity contribution in [2.24, 2.45) is 5.92 Å². The Morgan fingerprint density at radius 3 is 2.55 bits per heavy atom. The van der Waals surface area contributed by atoms with Crippen LogP contribution in [0.1, 0.15) is 24.1 Å². The van der Waals surface area contributed by atoms with Crippen LogP contribution in [0.4, 0.5) is 5.95 Å². The summed E-state index contributed by atoms with van der Waals surface area (Å²) in [7, 11) is 0. The summed E-state index contributed by atoms with van der Waals surface area (Å²) in [6, 6.07) is 23.1. The van der Waals surface area contributed by atoms with Crippen molar-refractivity contribution in [1.82, 2.24) is 9.55 Å². The number of carbonyl (C=O) groups excluding carboxylic acids is 2. The van der Waals surface area contributed by atoms with Gasteiger partial charge in [0.1, 0.15) is 5.75 Å². The van der Waals surface area contributed by atoms with E-state index in [9.17, 15) is 14.7 Å². The second-order valence-electron chi connectivity index (χ2n) is 7.95. The van der Waals surface area contributed by atoms with Gasteiger partial charge in [-0.1, -0.05) is 54.6 Å². The number of hydrogen-bond donors (Lipinski definition) is 1. The van der Waals surface area contributed by atoms with Gasteiger partial charge in [0.05, 0.1) is 30.2 Å². The molecule has 5 rings (SSSR count). The number of amides is 1. The lowest BCUT2D eigenvalue weighted by Gasteiger charge is -2.38. The Bertz CT molecular complexity index is 1330. The number of phenols is 1. The van der Waals surface area contributed by atoms with E-state index in [-0.39, 0.29) is 24.8 Å². The van der Waals surface area contributed by atoms with Gasteiger partial charge < -0.3 is 14.4 Å². The maximum atomic E-state index is 13.9. The zero-order valence-electron chi connectivity index (χ0n) is 18.1. The number of benzene rings is 3.